The lowest BCUT2D eigenvalue weighted by Crippen LogP contribution is -2.64. The van der Waals surface area contributed by atoms with Crippen LogP contribution in [-0.4, -0.2) is 59.9 Å². The molecular weight excluding hydrogens is 344 g/mol. The molecular formula is C17H22N2O5S. The minimum Gasteiger partial charge on any atom is -0.387 e. The summed E-state index contributed by atoms with van der Waals surface area (Å²) >= 11 is 0. The number of hydrogen-bond donors (Lipinski definition) is 2. The number of nitriles is 1. The summed E-state index contributed by atoms with van der Waals surface area (Å²) < 4.78 is 32.7. The van der Waals surface area contributed by atoms with Crippen molar-refractivity contribution in [3.63, 3.8) is 0 Å². The average molecular weight is 366 g/mol. The van der Waals surface area contributed by atoms with E-state index in [2.05, 4.69) is 0 Å². The van der Waals surface area contributed by atoms with Crippen LogP contribution in [0.4, 0.5) is 0 Å². The van der Waals surface area contributed by atoms with Gasteiger partial charge in [0.25, 0.3) is 0 Å². The van der Waals surface area contributed by atoms with E-state index in [1.165, 1.54) is 28.6 Å². The van der Waals surface area contributed by atoms with Crippen LogP contribution in [0.2, 0.25) is 0 Å². The van der Waals surface area contributed by atoms with Crippen LogP contribution in [0.5, 0.6) is 0 Å². The van der Waals surface area contributed by atoms with E-state index in [1.807, 2.05) is 6.07 Å². The Morgan fingerprint density at radius 1 is 1.24 bits per heavy atom. The molecule has 2 saturated heterocycles. The highest BCUT2D eigenvalue weighted by atomic mass is 32.2. The van der Waals surface area contributed by atoms with Gasteiger partial charge in [-0.1, -0.05) is 0 Å². The minimum atomic E-state index is -3.66. The van der Waals surface area contributed by atoms with E-state index in [0.29, 0.717) is 31.4 Å². The van der Waals surface area contributed by atoms with Crippen molar-refractivity contribution in [2.45, 2.75) is 48.4 Å². The summed E-state index contributed by atoms with van der Waals surface area (Å²) in [7, 11) is -3.66. The second-order valence-corrected chi connectivity index (χ2v) is 8.90. The number of aliphatic hydroxyl groups is 2. The van der Waals surface area contributed by atoms with E-state index in [-0.39, 0.29) is 18.0 Å². The molecule has 1 aromatic rings. The van der Waals surface area contributed by atoms with Gasteiger partial charge in [-0.15, -0.1) is 0 Å². The van der Waals surface area contributed by atoms with E-state index in [0.717, 1.165) is 0 Å². The average Bonchev–Trinajstić information content (AvgIpc) is 2.60. The first kappa shape index (κ1) is 18.3. The molecule has 2 heterocycles. The molecule has 136 valence electrons. The molecule has 2 fully saturated rings. The monoisotopic (exact) mass is 366 g/mol. The SMILES string of the molecule is C[C@@]1(O)CCOC2(CCN(S(=O)(=O)c3ccc(C#N)cc3)CC2)[C@H]1O. The number of piperidine rings is 1. The van der Waals surface area contributed by atoms with Gasteiger partial charge in [0.1, 0.15) is 6.10 Å². The summed E-state index contributed by atoms with van der Waals surface area (Å²) in [6.45, 7) is 2.33. The fraction of sp³-hybridized carbons (Fsp3) is 0.588. The van der Waals surface area contributed by atoms with Crippen LogP contribution < -0.4 is 0 Å². The second kappa shape index (κ2) is 6.34. The topological polar surface area (TPSA) is 111 Å². The molecule has 7 nitrogen and oxygen atoms in total. The van der Waals surface area contributed by atoms with Crippen molar-refractivity contribution in [1.82, 2.24) is 4.31 Å². The lowest BCUT2D eigenvalue weighted by atomic mass is 9.75. The van der Waals surface area contributed by atoms with Gasteiger partial charge < -0.3 is 14.9 Å². The Balaban J connectivity index is 1.76. The minimum absolute atomic E-state index is 0.138. The van der Waals surface area contributed by atoms with E-state index >= 15 is 0 Å². The van der Waals surface area contributed by atoms with Crippen molar-refractivity contribution in [2.75, 3.05) is 19.7 Å². The molecule has 0 unspecified atom stereocenters. The summed E-state index contributed by atoms with van der Waals surface area (Å²) in [5.74, 6) is 0. The van der Waals surface area contributed by atoms with Gasteiger partial charge in [0, 0.05) is 19.5 Å². The Kier molecular flexibility index (Phi) is 4.64. The Labute approximate surface area is 147 Å². The van der Waals surface area contributed by atoms with E-state index < -0.39 is 27.3 Å². The molecule has 8 heteroatoms. The number of benzene rings is 1. The van der Waals surface area contributed by atoms with Gasteiger partial charge in [-0.05, 0) is 44.0 Å². The summed E-state index contributed by atoms with van der Waals surface area (Å²) in [6, 6.07) is 7.76. The zero-order chi connectivity index (χ0) is 18.3. The van der Waals surface area contributed by atoms with Gasteiger partial charge in [0.15, 0.2) is 0 Å². The molecule has 2 aliphatic rings. The highest BCUT2D eigenvalue weighted by Gasteiger charge is 2.53. The number of aliphatic hydroxyl groups excluding tert-OH is 1. The molecule has 0 radical (unpaired) electrons. The lowest BCUT2D eigenvalue weighted by molar-refractivity contribution is -0.243. The molecule has 25 heavy (non-hydrogen) atoms. The lowest BCUT2D eigenvalue weighted by Gasteiger charge is -2.51. The predicted molar refractivity (Wildman–Crippen MR) is 89.1 cm³/mol. The molecule has 2 aliphatic heterocycles. The van der Waals surface area contributed by atoms with E-state index in [1.54, 1.807) is 6.92 Å². The Morgan fingerprint density at radius 3 is 2.40 bits per heavy atom. The van der Waals surface area contributed by atoms with Crippen LogP contribution >= 0.6 is 0 Å². The van der Waals surface area contributed by atoms with Crippen molar-refractivity contribution in [1.29, 1.82) is 5.26 Å². The number of hydrogen-bond acceptors (Lipinski definition) is 6. The quantitative estimate of drug-likeness (QED) is 0.793. The van der Waals surface area contributed by atoms with Crippen LogP contribution in [0, 0.1) is 11.3 Å². The molecule has 0 saturated carbocycles. The van der Waals surface area contributed by atoms with Crippen molar-refractivity contribution in [3.8, 4) is 6.07 Å². The number of ether oxygens (including phenoxy) is 1. The van der Waals surface area contributed by atoms with Gasteiger partial charge in [-0.25, -0.2) is 8.42 Å². The summed E-state index contributed by atoms with van der Waals surface area (Å²) in [5.41, 5.74) is -1.73. The molecule has 3 rings (SSSR count). The maximum absolute atomic E-state index is 12.8. The van der Waals surface area contributed by atoms with Crippen molar-refractivity contribution in [2.24, 2.45) is 0 Å². The smallest absolute Gasteiger partial charge is 0.243 e. The van der Waals surface area contributed by atoms with Crippen molar-refractivity contribution in [3.05, 3.63) is 29.8 Å². The van der Waals surface area contributed by atoms with Gasteiger partial charge in [-0.2, -0.15) is 9.57 Å². The van der Waals surface area contributed by atoms with Crippen LogP contribution in [0.25, 0.3) is 0 Å². The fourth-order valence-corrected chi connectivity index (χ4v) is 5.06. The van der Waals surface area contributed by atoms with E-state index in [4.69, 9.17) is 10.00 Å². The zero-order valence-corrected chi connectivity index (χ0v) is 14.9. The van der Waals surface area contributed by atoms with Gasteiger partial charge in [0.2, 0.25) is 10.0 Å². The second-order valence-electron chi connectivity index (χ2n) is 6.96. The first-order valence-electron chi connectivity index (χ1n) is 8.26. The van der Waals surface area contributed by atoms with Crippen LogP contribution in [-0.2, 0) is 14.8 Å². The van der Waals surface area contributed by atoms with Crippen LogP contribution in [0.1, 0.15) is 31.7 Å². The largest absolute Gasteiger partial charge is 0.387 e. The first-order chi connectivity index (χ1) is 11.7. The first-order valence-corrected chi connectivity index (χ1v) is 9.70. The van der Waals surface area contributed by atoms with Crippen molar-refractivity contribution < 1.29 is 23.4 Å². The maximum atomic E-state index is 12.8. The third-order valence-corrected chi connectivity index (χ3v) is 7.19. The molecule has 1 aromatic carbocycles. The predicted octanol–water partition coefficient (Wildman–Crippen LogP) is 0.614. The summed E-state index contributed by atoms with van der Waals surface area (Å²) in [4.78, 5) is 0.138. The van der Waals surface area contributed by atoms with Crippen molar-refractivity contribution >= 4 is 10.0 Å². The third-order valence-electron chi connectivity index (χ3n) is 5.28. The highest BCUT2D eigenvalue weighted by Crippen LogP contribution is 2.40. The third kappa shape index (κ3) is 3.18. The summed E-state index contributed by atoms with van der Waals surface area (Å²) in [6.07, 6.45) is -0.0588. The Bertz CT molecular complexity index is 774. The number of sulfonamides is 1. The highest BCUT2D eigenvalue weighted by molar-refractivity contribution is 7.89. The van der Waals surface area contributed by atoms with E-state index in [9.17, 15) is 18.6 Å². The van der Waals surface area contributed by atoms with Crippen LogP contribution in [0.15, 0.2) is 29.2 Å². The molecule has 1 spiro atoms. The Hall–Kier alpha value is -1.50. The van der Waals surface area contributed by atoms with Gasteiger partial charge >= 0.3 is 0 Å². The number of nitrogens with zero attached hydrogens (tertiary/aromatic N) is 2. The van der Waals surface area contributed by atoms with Gasteiger partial charge in [0.05, 0.1) is 34.3 Å². The normalized spacial score (nSPS) is 30.1. The number of rotatable bonds is 2. The van der Waals surface area contributed by atoms with Gasteiger partial charge in [-0.3, -0.25) is 0 Å². The summed E-state index contributed by atoms with van der Waals surface area (Å²) in [5, 5.41) is 29.6. The fourth-order valence-electron chi connectivity index (χ4n) is 3.62. The maximum Gasteiger partial charge on any atom is 0.243 e. The molecule has 2 N–H and O–H groups in total. The Morgan fingerprint density at radius 2 is 1.84 bits per heavy atom. The molecule has 0 aliphatic carbocycles. The van der Waals surface area contributed by atoms with Crippen LogP contribution in [0.3, 0.4) is 0 Å². The molecule has 0 bridgehead atoms. The molecule has 0 amide bonds. The molecule has 2 atom stereocenters. The molecule has 0 aromatic heterocycles. The standard InChI is InChI=1S/C17H22N2O5S/c1-16(21)8-11-24-17(15(16)20)6-9-19(10-7-17)25(22,23)14-4-2-13(12-18)3-5-14/h2-5,15,20-21H,6-11H2,1H3/t15-,16+/m0/s1. The zero-order valence-electron chi connectivity index (χ0n) is 14.1.